The number of amides is 1. The summed E-state index contributed by atoms with van der Waals surface area (Å²) in [6.07, 6.45) is 3.58. The Morgan fingerprint density at radius 2 is 1.95 bits per heavy atom. The smallest absolute Gasteiger partial charge is 0.280 e. The van der Waals surface area contributed by atoms with Crippen LogP contribution in [0.25, 0.3) is 10.3 Å². The normalized spacial score (nSPS) is 15.9. The lowest BCUT2D eigenvalue weighted by atomic mass is 10.1. The molecule has 4 heterocycles. The minimum atomic E-state index is -3.56. The molecular formula is C24H23N7O5S2. The number of nitrogens with one attached hydrogen (secondary N) is 2. The largest absolute Gasteiger partial charge is 0.387 e. The number of pyridine rings is 1. The van der Waals surface area contributed by atoms with Gasteiger partial charge in [0.15, 0.2) is 33.1 Å². The molecule has 0 radical (unpaired) electrons. The van der Waals surface area contributed by atoms with Gasteiger partial charge in [-0.25, -0.2) is 28.4 Å². The van der Waals surface area contributed by atoms with Crippen LogP contribution in [0.5, 0.6) is 0 Å². The van der Waals surface area contributed by atoms with E-state index in [0.717, 1.165) is 0 Å². The van der Waals surface area contributed by atoms with E-state index < -0.39 is 21.0 Å². The number of nitrogens with zero attached hydrogens (tertiary/aromatic N) is 5. The first-order valence-electron chi connectivity index (χ1n) is 11.6. The van der Waals surface area contributed by atoms with Crippen LogP contribution in [0.2, 0.25) is 0 Å². The number of anilines is 2. The number of oxime groups is 1. The van der Waals surface area contributed by atoms with Crippen molar-refractivity contribution in [2.45, 2.75) is 23.2 Å². The van der Waals surface area contributed by atoms with Crippen molar-refractivity contribution in [3.05, 3.63) is 66.2 Å². The first-order valence-corrected chi connectivity index (χ1v) is 13.9. The highest BCUT2D eigenvalue weighted by molar-refractivity contribution is 7.92. The van der Waals surface area contributed by atoms with E-state index in [4.69, 9.17) is 9.57 Å². The van der Waals surface area contributed by atoms with Crippen LogP contribution in [0.3, 0.4) is 0 Å². The van der Waals surface area contributed by atoms with Crippen molar-refractivity contribution in [1.82, 2.24) is 19.9 Å². The fourth-order valence-electron chi connectivity index (χ4n) is 3.70. The van der Waals surface area contributed by atoms with Crippen LogP contribution in [0.1, 0.15) is 17.8 Å². The van der Waals surface area contributed by atoms with E-state index in [9.17, 15) is 13.2 Å². The monoisotopic (exact) mass is 553 g/mol. The van der Waals surface area contributed by atoms with Gasteiger partial charge in [0.05, 0.1) is 16.8 Å². The van der Waals surface area contributed by atoms with E-state index in [2.05, 4.69) is 35.7 Å². The number of carbonyl (C=O) groups excluding carboxylic acids is 1. The van der Waals surface area contributed by atoms with Crippen molar-refractivity contribution in [2.75, 3.05) is 30.9 Å². The van der Waals surface area contributed by atoms with Gasteiger partial charge in [-0.05, 0) is 36.8 Å². The zero-order valence-electron chi connectivity index (χ0n) is 20.2. The molecule has 5 rings (SSSR count). The highest BCUT2D eigenvalue weighted by atomic mass is 32.2. The van der Waals surface area contributed by atoms with Crippen LogP contribution < -0.4 is 10.6 Å². The van der Waals surface area contributed by atoms with Crippen molar-refractivity contribution in [1.29, 1.82) is 0 Å². The van der Waals surface area contributed by atoms with Crippen molar-refractivity contribution in [3.8, 4) is 0 Å². The van der Waals surface area contributed by atoms with Gasteiger partial charge in [0, 0.05) is 31.6 Å². The Morgan fingerprint density at radius 1 is 1.16 bits per heavy atom. The Bertz CT molecular complexity index is 1570. The first kappa shape index (κ1) is 25.6. The van der Waals surface area contributed by atoms with E-state index >= 15 is 0 Å². The van der Waals surface area contributed by atoms with Crippen LogP contribution >= 0.6 is 11.3 Å². The number of fused-ring (bicyclic) bond motifs is 1. The number of hydrogen-bond donors (Lipinski definition) is 2. The highest BCUT2D eigenvalue weighted by Gasteiger charge is 2.31. The Labute approximate surface area is 222 Å². The Morgan fingerprint density at radius 3 is 2.66 bits per heavy atom. The lowest BCUT2D eigenvalue weighted by molar-refractivity contribution is -0.110. The molecule has 1 aliphatic heterocycles. The number of carbonyl (C=O) groups is 1. The zero-order valence-corrected chi connectivity index (χ0v) is 21.8. The molecule has 1 aromatic carbocycles. The molecule has 0 aliphatic carbocycles. The third-order valence-electron chi connectivity index (χ3n) is 5.70. The molecular weight excluding hydrogens is 530 g/mol. The second kappa shape index (κ2) is 11.2. The lowest BCUT2D eigenvalue weighted by Crippen LogP contribution is -2.25. The highest BCUT2D eigenvalue weighted by Crippen LogP contribution is 2.26. The lowest BCUT2D eigenvalue weighted by Gasteiger charge is -2.11. The number of hydrogen-bond acceptors (Lipinski definition) is 12. The van der Waals surface area contributed by atoms with Gasteiger partial charge in [0.2, 0.25) is 0 Å². The van der Waals surface area contributed by atoms with Gasteiger partial charge in [-0.15, -0.1) is 0 Å². The summed E-state index contributed by atoms with van der Waals surface area (Å²) in [5.41, 5.74) is 0.915. The summed E-state index contributed by atoms with van der Waals surface area (Å²) in [5, 5.41) is 9.48. The second-order valence-corrected chi connectivity index (χ2v) is 11.4. The molecule has 0 unspecified atom stereocenters. The predicted molar refractivity (Wildman–Crippen MR) is 142 cm³/mol. The van der Waals surface area contributed by atoms with E-state index in [-0.39, 0.29) is 23.8 Å². The van der Waals surface area contributed by atoms with Crippen molar-refractivity contribution >= 4 is 54.1 Å². The molecule has 3 aromatic heterocycles. The third-order valence-corrected chi connectivity index (χ3v) is 8.76. The molecule has 0 spiro atoms. The molecule has 1 fully saturated rings. The Hall–Kier alpha value is -4.01. The second-order valence-electron chi connectivity index (χ2n) is 8.18. The molecule has 38 heavy (non-hydrogen) atoms. The van der Waals surface area contributed by atoms with Crippen LogP contribution in [0.4, 0.5) is 10.9 Å². The fourth-order valence-corrected chi connectivity index (χ4v) is 6.12. The standard InChI is InChI=1S/C24H23N7O5S2/c1-25-19-8-7-18-23(29-19)37-24(28-18)30-22(32)21(31-36-14-20-26-10-2-11-27-20)15-3-5-16(6-4-15)38(33,34)17-9-12-35-13-17/h2-8,10-11,17H,9,12-14H2,1H3,(H,25,29)(H,28,30,32)/b31-21+/t17-/m0/s1. The Balaban J connectivity index is 1.40. The molecule has 0 bridgehead atoms. The quantitative estimate of drug-likeness (QED) is 0.233. The van der Waals surface area contributed by atoms with Crippen molar-refractivity contribution in [3.63, 3.8) is 0 Å². The van der Waals surface area contributed by atoms with Gasteiger partial charge >= 0.3 is 0 Å². The van der Waals surface area contributed by atoms with Crippen LogP contribution in [-0.4, -0.2) is 65.5 Å². The molecule has 1 aliphatic rings. The van der Waals surface area contributed by atoms with Gasteiger partial charge in [-0.1, -0.05) is 28.6 Å². The number of ether oxygens (including phenoxy) is 1. The SMILES string of the molecule is CNc1ccc2nc(NC(=O)/C(=N/OCc3ncccn3)c3ccc(S(=O)(=O)[C@H]4CCOC4)cc3)sc2n1. The van der Waals surface area contributed by atoms with E-state index in [1.54, 1.807) is 37.6 Å². The number of thiazole rings is 1. The molecule has 1 amide bonds. The minimum absolute atomic E-state index is 0.0659. The molecule has 2 N–H and O–H groups in total. The number of benzene rings is 1. The van der Waals surface area contributed by atoms with Gasteiger partial charge in [-0.3, -0.25) is 10.1 Å². The molecule has 12 nitrogen and oxygen atoms in total. The molecule has 14 heteroatoms. The van der Waals surface area contributed by atoms with Crippen molar-refractivity contribution < 1.29 is 22.8 Å². The van der Waals surface area contributed by atoms with Gasteiger partial charge in [-0.2, -0.15) is 0 Å². The topological polar surface area (TPSA) is 158 Å². The molecule has 196 valence electrons. The number of sulfone groups is 1. The maximum Gasteiger partial charge on any atom is 0.280 e. The average Bonchev–Trinajstić information content (AvgIpc) is 3.62. The van der Waals surface area contributed by atoms with Gasteiger partial charge in [0.25, 0.3) is 5.91 Å². The van der Waals surface area contributed by atoms with E-state index in [0.29, 0.717) is 45.7 Å². The van der Waals surface area contributed by atoms with Crippen LogP contribution in [0, 0.1) is 0 Å². The van der Waals surface area contributed by atoms with E-state index in [1.165, 1.54) is 35.6 Å². The summed E-state index contributed by atoms with van der Waals surface area (Å²) in [7, 11) is -1.79. The van der Waals surface area contributed by atoms with E-state index in [1.807, 2.05) is 0 Å². The fraction of sp³-hybridized carbons (Fsp3) is 0.250. The Kier molecular flexibility index (Phi) is 7.53. The van der Waals surface area contributed by atoms with Gasteiger partial charge in [0.1, 0.15) is 16.2 Å². The maximum atomic E-state index is 13.3. The van der Waals surface area contributed by atoms with Crippen molar-refractivity contribution in [2.24, 2.45) is 5.16 Å². The predicted octanol–water partition coefficient (Wildman–Crippen LogP) is 2.65. The molecule has 0 saturated carbocycles. The summed E-state index contributed by atoms with van der Waals surface area (Å²) < 4.78 is 31.0. The zero-order chi connectivity index (χ0) is 26.5. The van der Waals surface area contributed by atoms with Crippen LogP contribution in [-0.2, 0) is 30.8 Å². The summed E-state index contributed by atoms with van der Waals surface area (Å²) in [6.45, 7) is 0.518. The number of rotatable bonds is 9. The molecule has 1 atom stereocenters. The van der Waals surface area contributed by atoms with Gasteiger partial charge < -0.3 is 14.9 Å². The number of aromatic nitrogens is 4. The maximum absolute atomic E-state index is 13.3. The average molecular weight is 554 g/mol. The summed E-state index contributed by atoms with van der Waals surface area (Å²) in [6, 6.07) is 11.2. The van der Waals surface area contributed by atoms with Crippen LogP contribution in [0.15, 0.2) is 64.9 Å². The minimum Gasteiger partial charge on any atom is -0.387 e. The summed E-state index contributed by atoms with van der Waals surface area (Å²) in [5.74, 6) is 0.470. The third kappa shape index (κ3) is 5.61. The molecule has 4 aromatic rings. The first-order chi connectivity index (χ1) is 18.4. The summed E-state index contributed by atoms with van der Waals surface area (Å²) in [4.78, 5) is 36.5. The summed E-state index contributed by atoms with van der Waals surface area (Å²) >= 11 is 1.21. The molecule has 1 saturated heterocycles.